The Balaban J connectivity index is 0.984. The molecular formula is C37H42ClFN6O4. The summed E-state index contributed by atoms with van der Waals surface area (Å²) in [6.07, 6.45) is 15.2. The van der Waals surface area contributed by atoms with Crippen LogP contribution in [0.25, 0.3) is 17.0 Å². The van der Waals surface area contributed by atoms with Crippen LogP contribution in [0, 0.1) is 11.7 Å². The smallest absolute Gasteiger partial charge is 0.243 e. The van der Waals surface area contributed by atoms with Crippen LogP contribution in [0.5, 0.6) is 11.5 Å². The molecule has 5 rings (SSSR count). The predicted octanol–water partition coefficient (Wildman–Crippen LogP) is 7.36. The van der Waals surface area contributed by atoms with Crippen LogP contribution in [0.3, 0.4) is 0 Å². The van der Waals surface area contributed by atoms with Crippen LogP contribution in [0.2, 0.25) is 5.02 Å². The summed E-state index contributed by atoms with van der Waals surface area (Å²) in [5, 5.41) is 6.82. The van der Waals surface area contributed by atoms with Crippen LogP contribution in [0.4, 0.5) is 15.9 Å². The highest BCUT2D eigenvalue weighted by Gasteiger charge is 2.22. The van der Waals surface area contributed by atoms with E-state index in [1.807, 2.05) is 23.1 Å². The molecule has 49 heavy (non-hydrogen) atoms. The summed E-state index contributed by atoms with van der Waals surface area (Å²) in [4.78, 5) is 39.6. The number of likely N-dealkylation sites (tertiary alicyclic amines) is 1. The number of halogens is 2. The predicted molar refractivity (Wildman–Crippen MR) is 190 cm³/mol. The molecular weight excluding hydrogens is 647 g/mol. The molecule has 0 saturated carbocycles. The highest BCUT2D eigenvalue weighted by molar-refractivity contribution is 6.31. The number of aromatic nitrogens is 3. The monoisotopic (exact) mass is 688 g/mol. The lowest BCUT2D eigenvalue weighted by atomic mass is 9.91. The van der Waals surface area contributed by atoms with Crippen molar-refractivity contribution in [2.24, 2.45) is 5.92 Å². The Labute approximate surface area is 291 Å². The summed E-state index contributed by atoms with van der Waals surface area (Å²) in [5.41, 5.74) is 2.13. The van der Waals surface area contributed by atoms with E-state index in [1.165, 1.54) is 18.5 Å². The number of hydrogen-bond donors (Lipinski definition) is 2. The zero-order chi connectivity index (χ0) is 34.4. The van der Waals surface area contributed by atoms with Gasteiger partial charge < -0.3 is 25.0 Å². The number of carbonyl (C=O) groups excluding carboxylic acids is 2. The standard InChI is InChI=1S/C37H42ClFN6O4/c1-48-33-23-32-29(37(43-25-42-32)44-28-11-12-31(39)30(38)21-28)22-34(33)49-20-5-3-9-36(47)45-18-14-26(15-19-45)7-2-4-17-41-35(46)13-10-27-8-6-16-40-24-27/h6,8,10-13,16,21-26H,2-5,7,9,14-15,17-20H2,1H3,(H,41,46)(H,42,43,44)/b13-10+. The van der Waals surface area contributed by atoms with Gasteiger partial charge in [-0.25, -0.2) is 14.4 Å². The molecule has 0 atom stereocenters. The molecule has 2 amide bonds. The van der Waals surface area contributed by atoms with E-state index in [1.54, 1.807) is 43.8 Å². The molecule has 0 radical (unpaired) electrons. The van der Waals surface area contributed by atoms with E-state index in [0.29, 0.717) is 65.8 Å². The number of nitrogens with zero attached hydrogens (tertiary/aromatic N) is 4. The molecule has 10 nitrogen and oxygen atoms in total. The number of hydrogen-bond acceptors (Lipinski definition) is 8. The minimum Gasteiger partial charge on any atom is -0.493 e. The number of fused-ring (bicyclic) bond motifs is 1. The van der Waals surface area contributed by atoms with Gasteiger partial charge in [-0.2, -0.15) is 0 Å². The molecule has 0 unspecified atom stereocenters. The van der Waals surface area contributed by atoms with Crippen LogP contribution in [-0.4, -0.2) is 65.0 Å². The molecule has 258 valence electrons. The van der Waals surface area contributed by atoms with E-state index in [4.69, 9.17) is 21.1 Å². The number of benzene rings is 2. The normalized spacial score (nSPS) is 13.5. The van der Waals surface area contributed by atoms with Gasteiger partial charge in [0, 0.05) is 61.7 Å². The van der Waals surface area contributed by atoms with E-state index < -0.39 is 5.82 Å². The Morgan fingerprint density at radius 2 is 1.92 bits per heavy atom. The number of methoxy groups -OCH3 is 1. The Morgan fingerprint density at radius 3 is 2.69 bits per heavy atom. The zero-order valence-electron chi connectivity index (χ0n) is 27.7. The first-order chi connectivity index (χ1) is 23.9. The van der Waals surface area contributed by atoms with Crippen molar-refractivity contribution < 1.29 is 23.5 Å². The molecule has 12 heteroatoms. The number of pyridine rings is 1. The van der Waals surface area contributed by atoms with E-state index in [0.717, 1.165) is 57.2 Å². The molecule has 1 aliphatic heterocycles. The van der Waals surface area contributed by atoms with Crippen molar-refractivity contribution in [2.75, 3.05) is 38.7 Å². The van der Waals surface area contributed by atoms with Gasteiger partial charge in [0.2, 0.25) is 11.8 Å². The van der Waals surface area contributed by atoms with Crippen molar-refractivity contribution in [3.8, 4) is 11.5 Å². The summed E-state index contributed by atoms with van der Waals surface area (Å²) in [6.45, 7) is 2.67. The number of unbranched alkanes of at least 4 members (excludes halogenated alkanes) is 2. The topological polar surface area (TPSA) is 119 Å². The van der Waals surface area contributed by atoms with Crippen LogP contribution < -0.4 is 20.1 Å². The van der Waals surface area contributed by atoms with Crippen LogP contribution >= 0.6 is 11.6 Å². The van der Waals surface area contributed by atoms with Gasteiger partial charge in [-0.1, -0.05) is 30.5 Å². The van der Waals surface area contributed by atoms with Gasteiger partial charge in [0.1, 0.15) is 18.0 Å². The van der Waals surface area contributed by atoms with E-state index in [2.05, 4.69) is 25.6 Å². The van der Waals surface area contributed by atoms with Gasteiger partial charge in [0.05, 0.1) is 24.3 Å². The molecule has 1 fully saturated rings. The molecule has 0 bridgehead atoms. The first-order valence-electron chi connectivity index (χ1n) is 16.7. The fourth-order valence-corrected chi connectivity index (χ4v) is 5.99. The maximum absolute atomic E-state index is 13.6. The van der Waals surface area contributed by atoms with Crippen molar-refractivity contribution in [2.45, 2.75) is 51.4 Å². The maximum atomic E-state index is 13.6. The first kappa shape index (κ1) is 35.5. The quantitative estimate of drug-likeness (QED) is 0.0926. The third-order valence-electron chi connectivity index (χ3n) is 8.56. The third-order valence-corrected chi connectivity index (χ3v) is 8.85. The summed E-state index contributed by atoms with van der Waals surface area (Å²) in [5.74, 6) is 1.81. The number of piperidine rings is 1. The molecule has 3 heterocycles. The molecule has 2 aromatic heterocycles. The van der Waals surface area contributed by atoms with Gasteiger partial charge in [-0.3, -0.25) is 14.6 Å². The van der Waals surface area contributed by atoms with Crippen LogP contribution in [0.15, 0.2) is 67.3 Å². The Bertz CT molecular complexity index is 1730. The first-order valence-corrected chi connectivity index (χ1v) is 17.1. The Morgan fingerprint density at radius 1 is 1.06 bits per heavy atom. The Hall–Kier alpha value is -4.77. The van der Waals surface area contributed by atoms with Gasteiger partial charge in [-0.15, -0.1) is 0 Å². The van der Waals surface area contributed by atoms with Crippen LogP contribution in [-0.2, 0) is 9.59 Å². The van der Waals surface area contributed by atoms with Crippen molar-refractivity contribution in [3.63, 3.8) is 0 Å². The van der Waals surface area contributed by atoms with Gasteiger partial charge in [0.15, 0.2) is 11.5 Å². The molecule has 1 saturated heterocycles. The summed E-state index contributed by atoms with van der Waals surface area (Å²) in [7, 11) is 1.57. The maximum Gasteiger partial charge on any atom is 0.243 e. The number of amides is 2. The fraction of sp³-hybridized carbons (Fsp3) is 0.378. The number of ether oxygens (including phenoxy) is 2. The van der Waals surface area contributed by atoms with E-state index in [-0.39, 0.29) is 16.8 Å². The number of carbonyl (C=O) groups is 2. The van der Waals surface area contributed by atoms with Crippen molar-refractivity contribution in [3.05, 3.63) is 83.7 Å². The van der Waals surface area contributed by atoms with Crippen LogP contribution in [0.1, 0.15) is 56.9 Å². The van der Waals surface area contributed by atoms with Crippen molar-refractivity contribution in [1.82, 2.24) is 25.2 Å². The molecule has 4 aromatic rings. The molecule has 2 aromatic carbocycles. The number of nitrogens with one attached hydrogen (secondary N) is 2. The minimum atomic E-state index is -0.499. The summed E-state index contributed by atoms with van der Waals surface area (Å²) < 4.78 is 25.3. The highest BCUT2D eigenvalue weighted by atomic mass is 35.5. The lowest BCUT2D eigenvalue weighted by Gasteiger charge is -2.32. The van der Waals surface area contributed by atoms with Crippen molar-refractivity contribution >= 4 is 51.9 Å². The van der Waals surface area contributed by atoms with Crippen molar-refractivity contribution in [1.29, 1.82) is 0 Å². The van der Waals surface area contributed by atoms with Gasteiger partial charge in [0.25, 0.3) is 0 Å². The SMILES string of the molecule is COc1cc2ncnc(Nc3ccc(F)c(Cl)c3)c2cc1OCCCCC(=O)N1CCC(CCCCNC(=O)/C=C/c2cccnc2)CC1. The largest absolute Gasteiger partial charge is 0.493 e. The zero-order valence-corrected chi connectivity index (χ0v) is 28.4. The molecule has 2 N–H and O–H groups in total. The fourth-order valence-electron chi connectivity index (χ4n) is 5.81. The second kappa shape index (κ2) is 18.1. The van der Waals surface area contributed by atoms with Gasteiger partial charge >= 0.3 is 0 Å². The second-order valence-electron chi connectivity index (χ2n) is 12.0. The third kappa shape index (κ3) is 10.6. The average molecular weight is 689 g/mol. The minimum absolute atomic E-state index is 0.00891. The van der Waals surface area contributed by atoms with E-state index in [9.17, 15) is 14.0 Å². The molecule has 0 spiro atoms. The second-order valence-corrected chi connectivity index (χ2v) is 12.4. The summed E-state index contributed by atoms with van der Waals surface area (Å²) in [6, 6.07) is 11.7. The molecule has 0 aliphatic carbocycles. The average Bonchev–Trinajstić information content (AvgIpc) is 3.12. The highest BCUT2D eigenvalue weighted by Crippen LogP contribution is 2.35. The van der Waals surface area contributed by atoms with Gasteiger partial charge in [-0.05, 0) is 80.0 Å². The summed E-state index contributed by atoms with van der Waals surface area (Å²) >= 11 is 5.95. The number of rotatable bonds is 16. The molecule has 1 aliphatic rings. The number of anilines is 2. The lowest BCUT2D eigenvalue weighted by Crippen LogP contribution is -2.38. The van der Waals surface area contributed by atoms with E-state index >= 15 is 0 Å². The Kier molecular flexibility index (Phi) is 13.1. The lowest BCUT2D eigenvalue weighted by molar-refractivity contribution is -0.132.